The van der Waals surface area contributed by atoms with Gasteiger partial charge in [0.05, 0.1) is 17.6 Å². The predicted molar refractivity (Wildman–Crippen MR) is 94.8 cm³/mol. The zero-order valence-corrected chi connectivity index (χ0v) is 15.4. The van der Waals surface area contributed by atoms with E-state index in [-0.39, 0.29) is 22.8 Å². The molecule has 0 heterocycles. The fourth-order valence-corrected chi connectivity index (χ4v) is 2.96. The highest BCUT2D eigenvalue weighted by Crippen LogP contribution is 2.22. The molecule has 0 atom stereocenters. The van der Waals surface area contributed by atoms with Gasteiger partial charge in [0.1, 0.15) is 12.4 Å². The molecule has 26 heavy (non-hydrogen) atoms. The van der Waals surface area contributed by atoms with Crippen LogP contribution in [0.1, 0.15) is 33.2 Å². The Labute approximate surface area is 152 Å². The Morgan fingerprint density at radius 3 is 2.19 bits per heavy atom. The Morgan fingerprint density at radius 2 is 1.65 bits per heavy atom. The number of ketones is 1. The zero-order valence-electron chi connectivity index (χ0n) is 14.6. The van der Waals surface area contributed by atoms with E-state index in [4.69, 9.17) is 9.47 Å². The highest BCUT2D eigenvalue weighted by molar-refractivity contribution is 7.89. The van der Waals surface area contributed by atoms with Crippen molar-refractivity contribution >= 4 is 21.8 Å². The monoisotopic (exact) mass is 377 g/mol. The Bertz CT molecular complexity index is 919. The van der Waals surface area contributed by atoms with Crippen LogP contribution in [0.5, 0.6) is 5.75 Å². The van der Waals surface area contributed by atoms with E-state index >= 15 is 0 Å². The van der Waals surface area contributed by atoms with Crippen LogP contribution in [0.15, 0.2) is 47.4 Å². The predicted octanol–water partition coefficient (Wildman–Crippen LogP) is 2.16. The molecule has 7 nitrogen and oxygen atoms in total. The van der Waals surface area contributed by atoms with E-state index in [0.717, 1.165) is 0 Å². The number of hydrogen-bond acceptors (Lipinski definition) is 6. The minimum absolute atomic E-state index is 0.0485. The first-order valence-corrected chi connectivity index (χ1v) is 9.15. The summed E-state index contributed by atoms with van der Waals surface area (Å²) in [5.41, 5.74) is 1.25. The molecular formula is C18H19NO6S. The summed E-state index contributed by atoms with van der Waals surface area (Å²) in [6, 6.07) is 10.3. The standard InChI is InChI=1S/C18H19NO6S/c1-12(20)14-6-9-17(24-3)15(10-14)11-25-18(21)13-4-7-16(8-5-13)26(22,23)19-2/h4-10,19H,11H2,1-3H3. The van der Waals surface area contributed by atoms with Gasteiger partial charge in [0.15, 0.2) is 5.78 Å². The lowest BCUT2D eigenvalue weighted by molar-refractivity contribution is 0.0470. The molecule has 0 aliphatic rings. The number of sulfonamides is 1. The molecule has 0 saturated carbocycles. The van der Waals surface area contributed by atoms with E-state index in [1.165, 1.54) is 45.3 Å². The van der Waals surface area contributed by atoms with Crippen molar-refractivity contribution in [1.29, 1.82) is 0 Å². The van der Waals surface area contributed by atoms with Crippen LogP contribution >= 0.6 is 0 Å². The van der Waals surface area contributed by atoms with Crippen molar-refractivity contribution in [1.82, 2.24) is 4.72 Å². The summed E-state index contributed by atoms with van der Waals surface area (Å²) in [7, 11) is -0.782. The SMILES string of the molecule is CNS(=O)(=O)c1ccc(C(=O)OCc2cc(C(C)=O)ccc2OC)cc1. The van der Waals surface area contributed by atoms with Crippen molar-refractivity contribution in [2.24, 2.45) is 0 Å². The number of hydrogen-bond donors (Lipinski definition) is 1. The van der Waals surface area contributed by atoms with Gasteiger partial charge >= 0.3 is 5.97 Å². The highest BCUT2D eigenvalue weighted by Gasteiger charge is 2.14. The average Bonchev–Trinajstić information content (AvgIpc) is 2.65. The largest absolute Gasteiger partial charge is 0.496 e. The molecule has 0 radical (unpaired) electrons. The lowest BCUT2D eigenvalue weighted by Crippen LogP contribution is -2.18. The third-order valence-electron chi connectivity index (χ3n) is 3.71. The first kappa shape index (κ1) is 19.6. The molecule has 0 unspecified atom stereocenters. The molecule has 0 spiro atoms. The molecular weight excluding hydrogens is 358 g/mol. The Kier molecular flexibility index (Phi) is 6.12. The minimum atomic E-state index is -3.57. The van der Waals surface area contributed by atoms with Crippen molar-refractivity contribution in [2.75, 3.05) is 14.2 Å². The van der Waals surface area contributed by atoms with Crippen molar-refractivity contribution < 1.29 is 27.5 Å². The maximum Gasteiger partial charge on any atom is 0.338 e. The van der Waals surface area contributed by atoms with Gasteiger partial charge in [-0.2, -0.15) is 0 Å². The summed E-state index contributed by atoms with van der Waals surface area (Å²) in [5, 5.41) is 0. The second-order valence-electron chi connectivity index (χ2n) is 5.39. The van der Waals surface area contributed by atoms with Gasteiger partial charge in [0.2, 0.25) is 10.0 Å². The van der Waals surface area contributed by atoms with Crippen LogP contribution in [0.4, 0.5) is 0 Å². The lowest BCUT2D eigenvalue weighted by atomic mass is 10.1. The fourth-order valence-electron chi connectivity index (χ4n) is 2.23. The third-order valence-corrected chi connectivity index (χ3v) is 5.14. The second-order valence-corrected chi connectivity index (χ2v) is 7.28. The van der Waals surface area contributed by atoms with E-state index in [1.807, 2.05) is 0 Å². The van der Waals surface area contributed by atoms with Crippen LogP contribution in [0.2, 0.25) is 0 Å². The van der Waals surface area contributed by atoms with Gasteiger partial charge in [-0.1, -0.05) is 0 Å². The molecule has 0 fully saturated rings. The van der Waals surface area contributed by atoms with Crippen molar-refractivity contribution in [3.05, 3.63) is 59.2 Å². The number of nitrogens with one attached hydrogen (secondary N) is 1. The number of benzene rings is 2. The Balaban J connectivity index is 2.14. The van der Waals surface area contributed by atoms with Crippen molar-refractivity contribution in [3.63, 3.8) is 0 Å². The first-order chi connectivity index (χ1) is 12.3. The number of rotatable bonds is 7. The number of carbonyl (C=O) groups excluding carboxylic acids is 2. The number of Topliss-reactive ketones (excluding diaryl/α,β-unsaturated/α-hetero) is 1. The molecule has 0 amide bonds. The fraction of sp³-hybridized carbons (Fsp3) is 0.222. The normalized spacial score (nSPS) is 11.0. The van der Waals surface area contributed by atoms with Gasteiger partial charge in [0, 0.05) is 11.1 Å². The summed E-state index contributed by atoms with van der Waals surface area (Å²) >= 11 is 0. The lowest BCUT2D eigenvalue weighted by Gasteiger charge is -2.11. The van der Waals surface area contributed by atoms with Gasteiger partial charge in [-0.3, -0.25) is 4.79 Å². The number of ether oxygens (including phenoxy) is 2. The number of methoxy groups -OCH3 is 1. The quantitative estimate of drug-likeness (QED) is 0.586. The summed E-state index contributed by atoms with van der Waals surface area (Å²) < 4.78 is 36.0. The summed E-state index contributed by atoms with van der Waals surface area (Å²) in [4.78, 5) is 23.7. The average molecular weight is 377 g/mol. The van der Waals surface area contributed by atoms with Crippen LogP contribution < -0.4 is 9.46 Å². The molecule has 2 aromatic carbocycles. The topological polar surface area (TPSA) is 98.8 Å². The molecule has 0 saturated heterocycles. The number of carbonyl (C=O) groups is 2. The van der Waals surface area contributed by atoms with Gasteiger partial charge in [0.25, 0.3) is 0 Å². The zero-order chi connectivity index (χ0) is 19.3. The van der Waals surface area contributed by atoms with Gasteiger partial charge < -0.3 is 9.47 Å². The maximum atomic E-state index is 12.2. The molecule has 0 aliphatic heterocycles. The smallest absolute Gasteiger partial charge is 0.338 e. The van der Waals surface area contributed by atoms with E-state index in [1.54, 1.807) is 18.2 Å². The number of esters is 1. The van der Waals surface area contributed by atoms with E-state index in [0.29, 0.717) is 16.9 Å². The molecule has 2 aromatic rings. The van der Waals surface area contributed by atoms with Crippen LogP contribution in [0, 0.1) is 0 Å². The van der Waals surface area contributed by atoms with Crippen LogP contribution in [0.25, 0.3) is 0 Å². The third kappa shape index (κ3) is 4.47. The van der Waals surface area contributed by atoms with Crippen LogP contribution in [-0.2, 0) is 21.4 Å². The first-order valence-electron chi connectivity index (χ1n) is 7.67. The minimum Gasteiger partial charge on any atom is -0.496 e. The second kappa shape index (κ2) is 8.11. The Hall–Kier alpha value is -2.71. The highest BCUT2D eigenvalue weighted by atomic mass is 32.2. The molecule has 138 valence electrons. The Morgan fingerprint density at radius 1 is 1.04 bits per heavy atom. The summed E-state index contributed by atoms with van der Waals surface area (Å²) in [6.07, 6.45) is 0. The van der Waals surface area contributed by atoms with Gasteiger partial charge in [-0.25, -0.2) is 17.9 Å². The van der Waals surface area contributed by atoms with Gasteiger partial charge in [-0.15, -0.1) is 0 Å². The molecule has 1 N–H and O–H groups in total. The summed E-state index contributed by atoms with van der Waals surface area (Å²) in [5.74, 6) is -0.228. The van der Waals surface area contributed by atoms with Crippen LogP contribution in [0.3, 0.4) is 0 Å². The van der Waals surface area contributed by atoms with E-state index in [9.17, 15) is 18.0 Å². The summed E-state index contributed by atoms with van der Waals surface area (Å²) in [6.45, 7) is 1.36. The molecule has 8 heteroatoms. The van der Waals surface area contributed by atoms with Crippen molar-refractivity contribution in [3.8, 4) is 5.75 Å². The molecule has 2 rings (SSSR count). The molecule has 0 bridgehead atoms. The van der Waals surface area contributed by atoms with Gasteiger partial charge in [-0.05, 0) is 56.4 Å². The van der Waals surface area contributed by atoms with E-state index < -0.39 is 16.0 Å². The van der Waals surface area contributed by atoms with E-state index in [2.05, 4.69) is 4.72 Å². The molecule has 0 aliphatic carbocycles. The maximum absolute atomic E-state index is 12.2. The van der Waals surface area contributed by atoms with Crippen LogP contribution in [-0.4, -0.2) is 34.3 Å². The van der Waals surface area contributed by atoms with Crippen molar-refractivity contribution in [2.45, 2.75) is 18.4 Å². The molecule has 0 aromatic heterocycles.